The van der Waals surface area contributed by atoms with Crippen LogP contribution in [0.5, 0.6) is 0 Å². The van der Waals surface area contributed by atoms with Gasteiger partial charge in [0.15, 0.2) is 5.76 Å². The van der Waals surface area contributed by atoms with Crippen LogP contribution in [0.2, 0.25) is 0 Å². The Morgan fingerprint density at radius 3 is 2.52 bits per heavy atom. The molecule has 1 aromatic carbocycles. The summed E-state index contributed by atoms with van der Waals surface area (Å²) in [6, 6.07) is 7.40. The standard InChI is InChI=1S/C15H11F3N2O3/c16-15(17,18)11-4-1-3-10(9-11)6-7-13(21)19-20-14(22)12-5-2-8-23-12/h1-9H,(H,19,21)(H,20,22)/b7-6+. The van der Waals surface area contributed by atoms with E-state index in [1.165, 1.54) is 36.6 Å². The van der Waals surface area contributed by atoms with E-state index in [0.29, 0.717) is 0 Å². The molecule has 0 fully saturated rings. The fraction of sp³-hybridized carbons (Fsp3) is 0.0667. The third kappa shape index (κ3) is 4.73. The highest BCUT2D eigenvalue weighted by Gasteiger charge is 2.30. The minimum absolute atomic E-state index is 0.00663. The highest BCUT2D eigenvalue weighted by Crippen LogP contribution is 2.29. The summed E-state index contributed by atoms with van der Waals surface area (Å²) in [6.45, 7) is 0. The smallest absolute Gasteiger partial charge is 0.416 e. The van der Waals surface area contributed by atoms with Gasteiger partial charge in [0.25, 0.3) is 5.91 Å². The first-order chi connectivity index (χ1) is 10.9. The summed E-state index contributed by atoms with van der Waals surface area (Å²) in [5.74, 6) is -1.36. The summed E-state index contributed by atoms with van der Waals surface area (Å²) < 4.78 is 42.5. The van der Waals surface area contributed by atoms with E-state index in [0.717, 1.165) is 18.2 Å². The second-order valence-corrected chi connectivity index (χ2v) is 4.38. The number of carbonyl (C=O) groups is 2. The molecule has 1 heterocycles. The van der Waals surface area contributed by atoms with Crippen LogP contribution >= 0.6 is 0 Å². The Labute approximate surface area is 128 Å². The molecule has 0 atom stereocenters. The third-order valence-electron chi connectivity index (χ3n) is 2.69. The predicted molar refractivity (Wildman–Crippen MR) is 74.8 cm³/mol. The summed E-state index contributed by atoms with van der Waals surface area (Å²) in [7, 11) is 0. The van der Waals surface area contributed by atoms with E-state index in [4.69, 9.17) is 4.42 Å². The van der Waals surface area contributed by atoms with Crippen molar-refractivity contribution < 1.29 is 27.2 Å². The minimum Gasteiger partial charge on any atom is -0.459 e. The molecule has 0 spiro atoms. The predicted octanol–water partition coefficient (Wildman–Crippen LogP) is 2.77. The highest BCUT2D eigenvalue weighted by atomic mass is 19.4. The zero-order chi connectivity index (χ0) is 16.9. The number of carbonyl (C=O) groups excluding carboxylic acids is 2. The number of furan rings is 1. The highest BCUT2D eigenvalue weighted by molar-refractivity contribution is 5.96. The molecular weight excluding hydrogens is 313 g/mol. The van der Waals surface area contributed by atoms with Crippen LogP contribution in [0.25, 0.3) is 6.08 Å². The molecule has 2 N–H and O–H groups in total. The van der Waals surface area contributed by atoms with E-state index >= 15 is 0 Å². The van der Waals surface area contributed by atoms with Crippen molar-refractivity contribution in [2.24, 2.45) is 0 Å². The molecule has 23 heavy (non-hydrogen) atoms. The van der Waals surface area contributed by atoms with Gasteiger partial charge >= 0.3 is 12.1 Å². The van der Waals surface area contributed by atoms with Crippen molar-refractivity contribution in [2.45, 2.75) is 6.18 Å². The first-order valence-electron chi connectivity index (χ1n) is 6.35. The van der Waals surface area contributed by atoms with Crippen molar-refractivity contribution in [3.63, 3.8) is 0 Å². The van der Waals surface area contributed by atoms with Gasteiger partial charge in [0.1, 0.15) is 0 Å². The monoisotopic (exact) mass is 324 g/mol. The number of hydrogen-bond donors (Lipinski definition) is 2. The normalized spacial score (nSPS) is 11.4. The maximum absolute atomic E-state index is 12.6. The Morgan fingerprint density at radius 2 is 1.87 bits per heavy atom. The van der Waals surface area contributed by atoms with Crippen LogP contribution in [0.4, 0.5) is 13.2 Å². The number of alkyl halides is 3. The van der Waals surface area contributed by atoms with Crippen molar-refractivity contribution in [1.29, 1.82) is 0 Å². The van der Waals surface area contributed by atoms with Gasteiger partial charge in [-0.15, -0.1) is 0 Å². The lowest BCUT2D eigenvalue weighted by Crippen LogP contribution is -2.40. The lowest BCUT2D eigenvalue weighted by Gasteiger charge is -2.06. The quantitative estimate of drug-likeness (QED) is 0.674. The van der Waals surface area contributed by atoms with Crippen LogP contribution < -0.4 is 10.9 Å². The van der Waals surface area contributed by atoms with Crippen LogP contribution in [0.15, 0.2) is 53.2 Å². The molecular formula is C15H11F3N2O3. The minimum atomic E-state index is -4.46. The Kier molecular flexibility index (Phi) is 4.85. The van der Waals surface area contributed by atoms with Crippen LogP contribution in [0.3, 0.4) is 0 Å². The fourth-order valence-corrected chi connectivity index (χ4v) is 1.62. The zero-order valence-electron chi connectivity index (χ0n) is 11.6. The molecule has 0 saturated carbocycles. The van der Waals surface area contributed by atoms with Gasteiger partial charge in [-0.2, -0.15) is 13.2 Å². The third-order valence-corrected chi connectivity index (χ3v) is 2.69. The molecule has 0 aliphatic carbocycles. The number of halogens is 3. The molecule has 0 aliphatic heterocycles. The van der Waals surface area contributed by atoms with Crippen LogP contribution in [-0.4, -0.2) is 11.8 Å². The molecule has 0 aliphatic rings. The van der Waals surface area contributed by atoms with E-state index in [2.05, 4.69) is 10.9 Å². The van der Waals surface area contributed by atoms with E-state index in [1.54, 1.807) is 0 Å². The van der Waals surface area contributed by atoms with Gasteiger partial charge in [-0.1, -0.05) is 12.1 Å². The summed E-state index contributed by atoms with van der Waals surface area (Å²) in [4.78, 5) is 23.0. The van der Waals surface area contributed by atoms with Crippen LogP contribution in [0.1, 0.15) is 21.7 Å². The van der Waals surface area contributed by atoms with E-state index in [1.807, 2.05) is 0 Å². The molecule has 120 valence electrons. The van der Waals surface area contributed by atoms with Gasteiger partial charge in [-0.3, -0.25) is 20.4 Å². The topological polar surface area (TPSA) is 71.3 Å². The van der Waals surface area contributed by atoms with Gasteiger partial charge in [-0.05, 0) is 35.9 Å². The van der Waals surface area contributed by atoms with Crippen molar-refractivity contribution in [1.82, 2.24) is 10.9 Å². The fourth-order valence-electron chi connectivity index (χ4n) is 1.62. The molecule has 2 rings (SSSR count). The van der Waals surface area contributed by atoms with Crippen LogP contribution in [-0.2, 0) is 11.0 Å². The average molecular weight is 324 g/mol. The number of nitrogens with one attached hydrogen (secondary N) is 2. The largest absolute Gasteiger partial charge is 0.459 e. The maximum atomic E-state index is 12.6. The number of benzene rings is 1. The van der Waals surface area contributed by atoms with Gasteiger partial charge in [0.2, 0.25) is 0 Å². The van der Waals surface area contributed by atoms with Gasteiger partial charge in [0, 0.05) is 6.08 Å². The lowest BCUT2D eigenvalue weighted by molar-refractivity contribution is -0.137. The average Bonchev–Trinajstić information content (AvgIpc) is 3.04. The lowest BCUT2D eigenvalue weighted by atomic mass is 10.1. The molecule has 1 aromatic heterocycles. The zero-order valence-corrected chi connectivity index (χ0v) is 11.6. The van der Waals surface area contributed by atoms with Gasteiger partial charge in [0.05, 0.1) is 11.8 Å². The number of rotatable bonds is 3. The van der Waals surface area contributed by atoms with Crippen molar-refractivity contribution >= 4 is 17.9 Å². The molecule has 2 amide bonds. The van der Waals surface area contributed by atoms with Crippen molar-refractivity contribution in [2.75, 3.05) is 0 Å². The summed E-state index contributed by atoms with van der Waals surface area (Å²) in [5.41, 5.74) is 3.56. The van der Waals surface area contributed by atoms with Gasteiger partial charge in [-0.25, -0.2) is 0 Å². The molecule has 0 unspecified atom stereocenters. The summed E-state index contributed by atoms with van der Waals surface area (Å²) >= 11 is 0. The number of hydrazine groups is 1. The van der Waals surface area contributed by atoms with Gasteiger partial charge < -0.3 is 4.42 Å². The summed E-state index contributed by atoms with van der Waals surface area (Å²) in [5, 5.41) is 0. The van der Waals surface area contributed by atoms with Crippen LogP contribution in [0, 0.1) is 0 Å². The van der Waals surface area contributed by atoms with Crippen molar-refractivity contribution in [3.8, 4) is 0 Å². The Hall–Kier alpha value is -3.03. The Bertz CT molecular complexity index is 722. The Morgan fingerprint density at radius 1 is 1.09 bits per heavy atom. The first-order valence-corrected chi connectivity index (χ1v) is 6.35. The number of hydrogen-bond acceptors (Lipinski definition) is 3. The van der Waals surface area contributed by atoms with E-state index in [-0.39, 0.29) is 11.3 Å². The molecule has 0 saturated heterocycles. The molecule has 0 bridgehead atoms. The van der Waals surface area contributed by atoms with Crippen molar-refractivity contribution in [3.05, 3.63) is 65.6 Å². The summed E-state index contributed by atoms with van der Waals surface area (Å²) in [6.07, 6.45) is -0.963. The van der Waals surface area contributed by atoms with E-state index < -0.39 is 23.6 Å². The SMILES string of the molecule is O=C(/C=C/c1cccc(C(F)(F)F)c1)NNC(=O)c1ccco1. The molecule has 8 heteroatoms. The first kappa shape index (κ1) is 16.3. The van der Waals surface area contributed by atoms with E-state index in [9.17, 15) is 22.8 Å². The molecule has 5 nitrogen and oxygen atoms in total. The maximum Gasteiger partial charge on any atom is 0.416 e. The molecule has 0 radical (unpaired) electrons. The molecule has 2 aromatic rings. The number of amides is 2. The second kappa shape index (κ2) is 6.82. The second-order valence-electron chi connectivity index (χ2n) is 4.38. The Balaban J connectivity index is 1.92.